The number of amides is 1. The van der Waals surface area contributed by atoms with Crippen molar-refractivity contribution in [1.29, 1.82) is 0 Å². The minimum atomic E-state index is 0.334. The van der Waals surface area contributed by atoms with Crippen molar-refractivity contribution in [3.63, 3.8) is 0 Å². The molecule has 0 unspecified atom stereocenters. The van der Waals surface area contributed by atoms with Crippen LogP contribution in [0.2, 0.25) is 0 Å². The van der Waals surface area contributed by atoms with E-state index >= 15 is 0 Å². The van der Waals surface area contributed by atoms with E-state index in [0.717, 1.165) is 58.9 Å². The van der Waals surface area contributed by atoms with Crippen molar-refractivity contribution in [2.75, 3.05) is 58.9 Å². The molecule has 5 heteroatoms. The molecule has 0 aromatic heterocycles. The number of carbonyl (C=O) groups is 1. The fraction of sp³-hybridized carbons (Fsp3) is 0.632. The summed E-state index contributed by atoms with van der Waals surface area (Å²) in [7, 11) is 0. The van der Waals surface area contributed by atoms with E-state index in [1.165, 1.54) is 5.56 Å². The molecule has 1 aromatic carbocycles. The molecule has 5 nitrogen and oxygen atoms in total. The molecule has 130 valence electrons. The van der Waals surface area contributed by atoms with Gasteiger partial charge in [-0.3, -0.25) is 14.6 Å². The fourth-order valence-electron chi connectivity index (χ4n) is 4.30. The van der Waals surface area contributed by atoms with E-state index in [1.54, 1.807) is 0 Å². The lowest BCUT2D eigenvalue weighted by Gasteiger charge is -2.35. The Bertz CT molecular complexity index is 544. The van der Waals surface area contributed by atoms with Crippen molar-refractivity contribution < 1.29 is 4.79 Å². The third kappa shape index (κ3) is 3.63. The third-order valence-corrected chi connectivity index (χ3v) is 5.81. The van der Waals surface area contributed by atoms with E-state index < -0.39 is 0 Å². The molecule has 4 rings (SSSR count). The molecule has 0 bridgehead atoms. The quantitative estimate of drug-likeness (QED) is 0.873. The summed E-state index contributed by atoms with van der Waals surface area (Å²) >= 11 is 0. The summed E-state index contributed by atoms with van der Waals surface area (Å²) in [6, 6.07) is 10.6. The lowest BCUT2D eigenvalue weighted by molar-refractivity contribution is -0.132. The van der Waals surface area contributed by atoms with E-state index in [2.05, 4.69) is 50.3 Å². The van der Waals surface area contributed by atoms with E-state index in [-0.39, 0.29) is 0 Å². The largest absolute Gasteiger partial charge is 0.341 e. The molecule has 0 radical (unpaired) electrons. The number of rotatable bonds is 4. The lowest BCUT2D eigenvalue weighted by atomic mass is 10.0. The smallest absolute Gasteiger partial charge is 0.236 e. The number of hydrogen-bond acceptors (Lipinski definition) is 4. The highest BCUT2D eigenvalue weighted by Gasteiger charge is 2.38. The minimum absolute atomic E-state index is 0.334. The number of piperazine rings is 1. The third-order valence-electron chi connectivity index (χ3n) is 5.81. The summed E-state index contributed by atoms with van der Waals surface area (Å²) in [4.78, 5) is 19.5. The van der Waals surface area contributed by atoms with Crippen molar-refractivity contribution in [3.8, 4) is 0 Å². The summed E-state index contributed by atoms with van der Waals surface area (Å²) < 4.78 is 0. The highest BCUT2D eigenvalue weighted by molar-refractivity contribution is 5.78. The van der Waals surface area contributed by atoms with Crippen LogP contribution in [0.5, 0.6) is 0 Å². The lowest BCUT2D eigenvalue weighted by Crippen LogP contribution is -2.49. The topological polar surface area (TPSA) is 38.8 Å². The molecule has 0 saturated carbocycles. The molecule has 2 atom stereocenters. The highest BCUT2D eigenvalue weighted by atomic mass is 16.2. The molecule has 1 aromatic rings. The van der Waals surface area contributed by atoms with Crippen LogP contribution >= 0.6 is 0 Å². The molecule has 1 N–H and O–H groups in total. The Morgan fingerprint density at radius 3 is 2.25 bits per heavy atom. The van der Waals surface area contributed by atoms with Crippen molar-refractivity contribution in [3.05, 3.63) is 35.9 Å². The molecule has 0 spiro atoms. The molecule has 3 fully saturated rings. The number of hydrogen-bond donors (Lipinski definition) is 1. The first-order valence-electron chi connectivity index (χ1n) is 9.25. The van der Waals surface area contributed by atoms with Gasteiger partial charge >= 0.3 is 0 Å². The number of nitrogens with one attached hydrogen (secondary N) is 1. The molecule has 3 aliphatic rings. The second-order valence-corrected chi connectivity index (χ2v) is 7.52. The Hall–Kier alpha value is -1.43. The summed E-state index contributed by atoms with van der Waals surface area (Å²) in [6.07, 6.45) is 0. The molecule has 3 heterocycles. The summed E-state index contributed by atoms with van der Waals surface area (Å²) in [5.74, 6) is 1.72. The predicted octanol–water partition coefficient (Wildman–Crippen LogP) is 0.482. The van der Waals surface area contributed by atoms with Crippen LogP contribution < -0.4 is 5.32 Å². The van der Waals surface area contributed by atoms with E-state index in [0.29, 0.717) is 24.3 Å². The maximum atomic E-state index is 12.6. The maximum Gasteiger partial charge on any atom is 0.236 e. The summed E-state index contributed by atoms with van der Waals surface area (Å²) in [5, 5.41) is 3.44. The van der Waals surface area contributed by atoms with E-state index in [4.69, 9.17) is 0 Å². The monoisotopic (exact) mass is 328 g/mol. The van der Waals surface area contributed by atoms with Crippen LogP contribution in [0.25, 0.3) is 0 Å². The van der Waals surface area contributed by atoms with Gasteiger partial charge in [-0.1, -0.05) is 30.3 Å². The van der Waals surface area contributed by atoms with Gasteiger partial charge in [0.15, 0.2) is 0 Å². The van der Waals surface area contributed by atoms with Gasteiger partial charge in [-0.25, -0.2) is 0 Å². The minimum Gasteiger partial charge on any atom is -0.341 e. The van der Waals surface area contributed by atoms with Crippen LogP contribution in [-0.2, 0) is 11.3 Å². The van der Waals surface area contributed by atoms with Gasteiger partial charge in [0.05, 0.1) is 6.54 Å². The zero-order valence-electron chi connectivity index (χ0n) is 14.4. The first kappa shape index (κ1) is 16.1. The molecule has 3 saturated heterocycles. The molecular formula is C19H28N4O. The summed E-state index contributed by atoms with van der Waals surface area (Å²) in [6.45, 7) is 9.83. The van der Waals surface area contributed by atoms with Gasteiger partial charge in [-0.15, -0.1) is 0 Å². The van der Waals surface area contributed by atoms with Crippen molar-refractivity contribution in [2.45, 2.75) is 6.54 Å². The van der Waals surface area contributed by atoms with Crippen molar-refractivity contribution >= 4 is 5.91 Å². The van der Waals surface area contributed by atoms with Crippen LogP contribution in [-0.4, -0.2) is 79.5 Å². The van der Waals surface area contributed by atoms with Gasteiger partial charge in [-0.05, 0) is 17.4 Å². The van der Waals surface area contributed by atoms with Crippen LogP contribution in [0.3, 0.4) is 0 Å². The number of carbonyl (C=O) groups excluding carboxylic acids is 1. The normalized spacial score (nSPS) is 28.2. The first-order chi connectivity index (χ1) is 11.8. The maximum absolute atomic E-state index is 12.6. The Morgan fingerprint density at radius 2 is 1.58 bits per heavy atom. The van der Waals surface area contributed by atoms with Crippen LogP contribution in [0.1, 0.15) is 5.56 Å². The average molecular weight is 328 g/mol. The predicted molar refractivity (Wildman–Crippen MR) is 94.6 cm³/mol. The zero-order chi connectivity index (χ0) is 16.4. The number of benzene rings is 1. The number of fused-ring (bicyclic) bond motifs is 1. The van der Waals surface area contributed by atoms with E-state index in [9.17, 15) is 4.79 Å². The van der Waals surface area contributed by atoms with E-state index in [1.807, 2.05) is 0 Å². The Kier molecular flexibility index (Phi) is 4.83. The second-order valence-electron chi connectivity index (χ2n) is 7.52. The van der Waals surface area contributed by atoms with Crippen LogP contribution in [0.15, 0.2) is 30.3 Å². The fourth-order valence-corrected chi connectivity index (χ4v) is 4.30. The standard InChI is InChI=1S/C19H28N4O/c24-19(23-13-17-10-20-11-18(17)14-23)15-22-8-6-21(7-9-22)12-16-4-2-1-3-5-16/h1-5,17-18,20H,6-15H2/t17-,18+. The van der Waals surface area contributed by atoms with Gasteiger partial charge in [0.25, 0.3) is 0 Å². The van der Waals surface area contributed by atoms with Gasteiger partial charge in [0.1, 0.15) is 0 Å². The number of nitrogens with zero attached hydrogens (tertiary/aromatic N) is 3. The number of likely N-dealkylation sites (tertiary alicyclic amines) is 1. The van der Waals surface area contributed by atoms with Crippen molar-refractivity contribution in [2.24, 2.45) is 11.8 Å². The van der Waals surface area contributed by atoms with Gasteiger partial charge < -0.3 is 10.2 Å². The zero-order valence-corrected chi connectivity index (χ0v) is 14.4. The molecule has 0 aliphatic carbocycles. The van der Waals surface area contributed by atoms with Crippen LogP contribution in [0, 0.1) is 11.8 Å². The van der Waals surface area contributed by atoms with Gasteiger partial charge in [0, 0.05) is 58.9 Å². The highest BCUT2D eigenvalue weighted by Crippen LogP contribution is 2.26. The summed E-state index contributed by atoms with van der Waals surface area (Å²) in [5.41, 5.74) is 1.37. The molecule has 3 aliphatic heterocycles. The molecular weight excluding hydrogens is 300 g/mol. The van der Waals surface area contributed by atoms with Gasteiger partial charge in [-0.2, -0.15) is 0 Å². The first-order valence-corrected chi connectivity index (χ1v) is 9.25. The molecule has 24 heavy (non-hydrogen) atoms. The van der Waals surface area contributed by atoms with Crippen LogP contribution in [0.4, 0.5) is 0 Å². The second kappa shape index (κ2) is 7.21. The van der Waals surface area contributed by atoms with Crippen molar-refractivity contribution in [1.82, 2.24) is 20.0 Å². The average Bonchev–Trinajstić information content (AvgIpc) is 3.19. The van der Waals surface area contributed by atoms with Gasteiger partial charge in [0.2, 0.25) is 5.91 Å². The Labute approximate surface area is 144 Å². The Morgan fingerprint density at radius 1 is 0.958 bits per heavy atom. The Balaban J connectivity index is 1.21. The molecule has 1 amide bonds. The SMILES string of the molecule is O=C(CN1CCN(Cc2ccccc2)CC1)N1C[C@H]2CNC[C@H]2C1.